The van der Waals surface area contributed by atoms with E-state index >= 15 is 0 Å². The van der Waals surface area contributed by atoms with E-state index in [9.17, 15) is 0 Å². The van der Waals surface area contributed by atoms with Gasteiger partial charge in [-0.1, -0.05) is 19.9 Å². The molecule has 0 fully saturated rings. The number of benzene rings is 1. The van der Waals surface area contributed by atoms with Crippen LogP contribution in [0.4, 0.5) is 0 Å². The molecule has 13 heavy (non-hydrogen) atoms. The Morgan fingerprint density at radius 3 is 2.69 bits per heavy atom. The average Bonchev–Trinajstić information content (AvgIpc) is 2.36. The van der Waals surface area contributed by atoms with E-state index in [0.717, 1.165) is 0 Å². The first kappa shape index (κ1) is 7.25. The third-order valence-corrected chi connectivity index (χ3v) is 2.14. The van der Waals surface area contributed by atoms with Gasteiger partial charge in [-0.2, -0.15) is 0 Å². The van der Waals surface area contributed by atoms with Crippen molar-refractivity contribution in [2.45, 2.75) is 33.0 Å². The van der Waals surface area contributed by atoms with Gasteiger partial charge in [0.25, 0.3) is 0 Å². The molecular formula is C11H14O2. The summed E-state index contributed by atoms with van der Waals surface area (Å²) in [6.45, 7) is 5.83. The third kappa shape index (κ3) is 1.48. The largest absolute Gasteiger partial charge is 0.451 e. The van der Waals surface area contributed by atoms with Gasteiger partial charge in [-0.3, -0.25) is 0 Å². The Hall–Kier alpha value is -1.18. The fourth-order valence-electron chi connectivity index (χ4n) is 1.38. The van der Waals surface area contributed by atoms with Crippen LogP contribution in [-0.4, -0.2) is 6.27 Å². The van der Waals surface area contributed by atoms with E-state index in [4.69, 9.17) is 10.8 Å². The van der Waals surface area contributed by atoms with Crippen LogP contribution in [0, 0.1) is 0 Å². The van der Waals surface area contributed by atoms with Gasteiger partial charge >= 0.3 is 0 Å². The van der Waals surface area contributed by atoms with Gasteiger partial charge in [0.15, 0.2) is 11.5 Å². The summed E-state index contributed by atoms with van der Waals surface area (Å²) >= 11 is 0. The minimum absolute atomic E-state index is 0.460. The maximum atomic E-state index is 7.61. The lowest BCUT2D eigenvalue weighted by molar-refractivity contribution is 0.0678. The number of hydrogen-bond acceptors (Lipinski definition) is 2. The topological polar surface area (TPSA) is 18.5 Å². The molecule has 0 spiro atoms. The van der Waals surface area contributed by atoms with Crippen molar-refractivity contribution in [3.63, 3.8) is 0 Å². The number of rotatable bonds is 1. The molecule has 2 rings (SSSR count). The Bertz CT molecular complexity index is 358. The molecule has 1 aliphatic heterocycles. The third-order valence-electron chi connectivity index (χ3n) is 2.14. The monoisotopic (exact) mass is 179 g/mol. The quantitative estimate of drug-likeness (QED) is 0.660. The molecular weight excluding hydrogens is 164 g/mol. The molecule has 0 amide bonds. The van der Waals surface area contributed by atoms with Gasteiger partial charge < -0.3 is 9.47 Å². The summed E-state index contributed by atoms with van der Waals surface area (Å²) in [5, 5.41) is 0. The molecule has 1 aliphatic rings. The smallest absolute Gasteiger partial charge is 0.238 e. The van der Waals surface area contributed by atoms with Crippen molar-refractivity contribution in [1.82, 2.24) is 0 Å². The van der Waals surface area contributed by atoms with E-state index in [1.165, 1.54) is 5.56 Å². The number of fused-ring (bicyclic) bond motifs is 1. The molecule has 0 saturated heterocycles. The average molecular weight is 179 g/mol. The number of ether oxygens (including phenoxy) is 2. The molecule has 1 unspecified atom stereocenters. The van der Waals surface area contributed by atoms with E-state index in [2.05, 4.69) is 13.8 Å². The fraction of sp³-hybridized carbons (Fsp3) is 0.455. The van der Waals surface area contributed by atoms with Crippen molar-refractivity contribution >= 4 is 0 Å². The first-order valence-corrected chi connectivity index (χ1v) is 4.50. The zero-order valence-electron chi connectivity index (χ0n) is 9.13. The first-order valence-electron chi connectivity index (χ1n) is 5.00. The minimum Gasteiger partial charge on any atom is -0.451 e. The van der Waals surface area contributed by atoms with Crippen LogP contribution in [0.25, 0.3) is 0 Å². The van der Waals surface area contributed by atoms with Crippen LogP contribution < -0.4 is 9.47 Å². The second kappa shape index (κ2) is 2.95. The summed E-state index contributed by atoms with van der Waals surface area (Å²) in [6, 6.07) is 5.82. The Morgan fingerprint density at radius 1 is 1.31 bits per heavy atom. The van der Waals surface area contributed by atoms with E-state index in [1.807, 2.05) is 18.2 Å². The van der Waals surface area contributed by atoms with Gasteiger partial charge in [0.05, 0.1) is 0 Å². The Labute approximate surface area is 79.9 Å². The van der Waals surface area contributed by atoms with Crippen LogP contribution in [0.1, 0.15) is 33.6 Å². The molecule has 0 N–H and O–H groups in total. The Morgan fingerprint density at radius 2 is 2.00 bits per heavy atom. The summed E-state index contributed by atoms with van der Waals surface area (Å²) in [4.78, 5) is 0. The molecule has 1 heterocycles. The first-order chi connectivity index (χ1) is 6.48. The summed E-state index contributed by atoms with van der Waals surface area (Å²) < 4.78 is 18.2. The lowest BCUT2D eigenvalue weighted by atomic mass is 10.0. The van der Waals surface area contributed by atoms with Crippen LogP contribution in [0.5, 0.6) is 11.5 Å². The SMILES string of the molecule is [2H]C1(C)Oc2ccc(C(C)C)cc2O1. The molecule has 0 saturated carbocycles. The van der Waals surface area contributed by atoms with Crippen LogP contribution in [-0.2, 0) is 0 Å². The molecule has 0 aliphatic carbocycles. The highest BCUT2D eigenvalue weighted by molar-refractivity contribution is 5.45. The van der Waals surface area contributed by atoms with Crippen LogP contribution in [0.15, 0.2) is 18.2 Å². The molecule has 1 aromatic carbocycles. The lowest BCUT2D eigenvalue weighted by Crippen LogP contribution is -2.11. The van der Waals surface area contributed by atoms with Gasteiger partial charge in [-0.05, 0) is 23.6 Å². The highest BCUT2D eigenvalue weighted by atomic mass is 16.7. The number of hydrogen-bond donors (Lipinski definition) is 0. The lowest BCUT2D eigenvalue weighted by Gasteiger charge is -2.05. The van der Waals surface area contributed by atoms with Gasteiger partial charge in [-0.25, -0.2) is 0 Å². The van der Waals surface area contributed by atoms with Gasteiger partial charge in [0.1, 0.15) is 1.37 Å². The molecule has 2 nitrogen and oxygen atoms in total. The summed E-state index contributed by atoms with van der Waals surface area (Å²) in [5.74, 6) is 1.79. The van der Waals surface area contributed by atoms with E-state index < -0.39 is 6.27 Å². The zero-order valence-corrected chi connectivity index (χ0v) is 8.13. The molecule has 0 radical (unpaired) electrons. The van der Waals surface area contributed by atoms with Gasteiger partial charge in [0.2, 0.25) is 6.27 Å². The summed E-state index contributed by atoms with van der Waals surface area (Å²) in [7, 11) is 0. The van der Waals surface area contributed by atoms with Crippen LogP contribution in [0.2, 0.25) is 0 Å². The maximum absolute atomic E-state index is 7.61. The molecule has 1 aromatic rings. The molecule has 70 valence electrons. The molecule has 2 heteroatoms. The van der Waals surface area contributed by atoms with E-state index in [-0.39, 0.29) is 0 Å². The minimum atomic E-state index is -1.27. The Balaban J connectivity index is 2.36. The molecule has 0 bridgehead atoms. The summed E-state index contributed by atoms with van der Waals surface area (Å²) in [5.41, 5.74) is 1.20. The van der Waals surface area contributed by atoms with Crippen molar-refractivity contribution in [3.05, 3.63) is 23.8 Å². The second-order valence-corrected chi connectivity index (χ2v) is 3.56. The van der Waals surface area contributed by atoms with Gasteiger partial charge in [0, 0.05) is 6.92 Å². The summed E-state index contributed by atoms with van der Waals surface area (Å²) in [6.07, 6.45) is -1.27. The Kier molecular flexibility index (Phi) is 1.64. The van der Waals surface area contributed by atoms with Crippen molar-refractivity contribution in [3.8, 4) is 11.5 Å². The molecule has 1 atom stereocenters. The maximum Gasteiger partial charge on any atom is 0.238 e. The zero-order chi connectivity index (χ0) is 10.3. The second-order valence-electron chi connectivity index (χ2n) is 3.56. The van der Waals surface area contributed by atoms with E-state index in [0.29, 0.717) is 17.4 Å². The van der Waals surface area contributed by atoms with Crippen molar-refractivity contribution in [1.29, 1.82) is 0 Å². The normalized spacial score (nSPS) is 26.3. The van der Waals surface area contributed by atoms with Crippen LogP contribution >= 0.6 is 0 Å². The van der Waals surface area contributed by atoms with Crippen LogP contribution in [0.3, 0.4) is 0 Å². The van der Waals surface area contributed by atoms with Crippen molar-refractivity contribution in [2.75, 3.05) is 0 Å². The highest BCUT2D eigenvalue weighted by Gasteiger charge is 2.20. The standard InChI is InChI=1S/C11H14O2/c1-7(2)9-4-5-10-11(6-9)13-8(3)12-10/h4-8H,1-3H3/i8D. The van der Waals surface area contributed by atoms with Gasteiger partial charge in [-0.15, -0.1) is 0 Å². The predicted octanol–water partition coefficient (Wildman–Crippen LogP) is 2.93. The van der Waals surface area contributed by atoms with Crippen molar-refractivity contribution < 1.29 is 10.8 Å². The molecule has 0 aromatic heterocycles. The van der Waals surface area contributed by atoms with E-state index in [1.54, 1.807) is 6.92 Å². The fourth-order valence-corrected chi connectivity index (χ4v) is 1.38. The predicted molar refractivity (Wildman–Crippen MR) is 51.2 cm³/mol. The highest BCUT2D eigenvalue weighted by Crippen LogP contribution is 2.36. The van der Waals surface area contributed by atoms with Crippen molar-refractivity contribution in [2.24, 2.45) is 0 Å².